The van der Waals surface area contributed by atoms with Crippen molar-refractivity contribution in [3.05, 3.63) is 34.9 Å². The number of amides is 1. The Labute approximate surface area is 116 Å². The standard InChI is InChI=1S/C16H24N2O/c1-12-6-7-13(2)14(9-12)11-18(3)16(19)10-15-5-4-8-17-15/h6-7,9,15,17H,4-5,8,10-11H2,1-3H3. The van der Waals surface area contributed by atoms with E-state index in [0.29, 0.717) is 19.0 Å². The van der Waals surface area contributed by atoms with Gasteiger partial charge in [0, 0.05) is 26.1 Å². The Bertz CT molecular complexity index is 450. The van der Waals surface area contributed by atoms with Gasteiger partial charge in [0.1, 0.15) is 0 Å². The van der Waals surface area contributed by atoms with Crippen LogP contribution in [-0.4, -0.2) is 30.4 Å². The van der Waals surface area contributed by atoms with Gasteiger partial charge >= 0.3 is 0 Å². The third-order valence-electron chi connectivity index (χ3n) is 3.92. The quantitative estimate of drug-likeness (QED) is 0.901. The lowest BCUT2D eigenvalue weighted by Crippen LogP contribution is -2.33. The summed E-state index contributed by atoms with van der Waals surface area (Å²) >= 11 is 0. The molecule has 1 atom stereocenters. The molecule has 1 aliphatic rings. The summed E-state index contributed by atoms with van der Waals surface area (Å²) in [6.07, 6.45) is 2.95. The van der Waals surface area contributed by atoms with Gasteiger partial charge in [-0.1, -0.05) is 23.8 Å². The fraction of sp³-hybridized carbons (Fsp3) is 0.562. The van der Waals surface area contributed by atoms with Crippen LogP contribution in [0.25, 0.3) is 0 Å². The van der Waals surface area contributed by atoms with Crippen LogP contribution in [0, 0.1) is 13.8 Å². The molecule has 0 saturated carbocycles. The van der Waals surface area contributed by atoms with Gasteiger partial charge in [-0.15, -0.1) is 0 Å². The predicted molar refractivity (Wildman–Crippen MR) is 78.0 cm³/mol. The first-order chi connectivity index (χ1) is 9.06. The molecule has 1 aromatic rings. The topological polar surface area (TPSA) is 32.3 Å². The summed E-state index contributed by atoms with van der Waals surface area (Å²) in [5.41, 5.74) is 3.75. The summed E-state index contributed by atoms with van der Waals surface area (Å²) in [6, 6.07) is 6.80. The second-order valence-corrected chi connectivity index (χ2v) is 5.68. The van der Waals surface area contributed by atoms with Crippen molar-refractivity contribution in [3.8, 4) is 0 Å². The Hall–Kier alpha value is -1.35. The van der Waals surface area contributed by atoms with Gasteiger partial charge in [-0.05, 0) is 44.4 Å². The van der Waals surface area contributed by atoms with Crippen LogP contribution >= 0.6 is 0 Å². The monoisotopic (exact) mass is 260 g/mol. The van der Waals surface area contributed by atoms with E-state index in [1.54, 1.807) is 0 Å². The summed E-state index contributed by atoms with van der Waals surface area (Å²) in [6.45, 7) is 5.95. The highest BCUT2D eigenvalue weighted by Crippen LogP contribution is 2.15. The number of aryl methyl sites for hydroxylation is 2. The molecule has 0 bridgehead atoms. The number of carbonyl (C=O) groups is 1. The molecule has 1 unspecified atom stereocenters. The van der Waals surface area contributed by atoms with E-state index in [1.165, 1.54) is 23.1 Å². The summed E-state index contributed by atoms with van der Waals surface area (Å²) in [7, 11) is 1.90. The molecule has 1 saturated heterocycles. The van der Waals surface area contributed by atoms with Crippen LogP contribution in [0.2, 0.25) is 0 Å². The van der Waals surface area contributed by atoms with Crippen molar-refractivity contribution in [2.24, 2.45) is 0 Å². The van der Waals surface area contributed by atoms with Crippen molar-refractivity contribution in [1.29, 1.82) is 0 Å². The number of rotatable bonds is 4. The maximum atomic E-state index is 12.2. The average Bonchev–Trinajstić information content (AvgIpc) is 2.86. The fourth-order valence-electron chi connectivity index (χ4n) is 2.61. The van der Waals surface area contributed by atoms with Gasteiger partial charge in [-0.3, -0.25) is 4.79 Å². The van der Waals surface area contributed by atoms with Crippen molar-refractivity contribution < 1.29 is 4.79 Å². The van der Waals surface area contributed by atoms with Crippen molar-refractivity contribution in [3.63, 3.8) is 0 Å². The number of carbonyl (C=O) groups excluding carboxylic acids is 1. The van der Waals surface area contributed by atoms with E-state index >= 15 is 0 Å². The summed E-state index contributed by atoms with van der Waals surface area (Å²) in [4.78, 5) is 14.0. The van der Waals surface area contributed by atoms with E-state index in [2.05, 4.69) is 37.4 Å². The third kappa shape index (κ3) is 3.80. The highest BCUT2D eigenvalue weighted by atomic mass is 16.2. The molecule has 0 aliphatic carbocycles. The first-order valence-electron chi connectivity index (χ1n) is 7.10. The summed E-state index contributed by atoms with van der Waals surface area (Å²) in [5.74, 6) is 0.236. The van der Waals surface area contributed by atoms with E-state index in [-0.39, 0.29) is 5.91 Å². The second-order valence-electron chi connectivity index (χ2n) is 5.68. The van der Waals surface area contributed by atoms with Gasteiger partial charge in [0.15, 0.2) is 0 Å². The number of hydrogen-bond acceptors (Lipinski definition) is 2. The van der Waals surface area contributed by atoms with Gasteiger partial charge in [0.25, 0.3) is 0 Å². The van der Waals surface area contributed by atoms with Crippen LogP contribution in [0.15, 0.2) is 18.2 Å². The molecule has 1 N–H and O–H groups in total. The normalized spacial score (nSPS) is 18.6. The first-order valence-corrected chi connectivity index (χ1v) is 7.10. The van der Waals surface area contributed by atoms with Crippen molar-refractivity contribution >= 4 is 5.91 Å². The van der Waals surface area contributed by atoms with Gasteiger partial charge in [-0.2, -0.15) is 0 Å². The second kappa shape index (κ2) is 6.20. The van der Waals surface area contributed by atoms with Crippen molar-refractivity contribution in [1.82, 2.24) is 10.2 Å². The first kappa shape index (κ1) is 14.1. The summed E-state index contributed by atoms with van der Waals surface area (Å²) in [5, 5.41) is 3.38. The van der Waals surface area contributed by atoms with Gasteiger partial charge < -0.3 is 10.2 Å². The molecule has 1 aromatic carbocycles. The number of nitrogens with zero attached hydrogens (tertiary/aromatic N) is 1. The molecule has 1 amide bonds. The smallest absolute Gasteiger partial charge is 0.224 e. The van der Waals surface area contributed by atoms with Crippen LogP contribution < -0.4 is 5.32 Å². The van der Waals surface area contributed by atoms with E-state index < -0.39 is 0 Å². The Morgan fingerprint density at radius 2 is 2.21 bits per heavy atom. The third-order valence-corrected chi connectivity index (χ3v) is 3.92. The lowest BCUT2D eigenvalue weighted by molar-refractivity contribution is -0.130. The molecule has 0 radical (unpaired) electrons. The maximum Gasteiger partial charge on any atom is 0.224 e. The van der Waals surface area contributed by atoms with Crippen molar-refractivity contribution in [2.45, 2.75) is 45.7 Å². The largest absolute Gasteiger partial charge is 0.341 e. The zero-order valence-corrected chi connectivity index (χ0v) is 12.2. The van der Waals surface area contributed by atoms with Gasteiger partial charge in [0.2, 0.25) is 5.91 Å². The summed E-state index contributed by atoms with van der Waals surface area (Å²) < 4.78 is 0. The minimum Gasteiger partial charge on any atom is -0.341 e. The molecule has 1 aliphatic heterocycles. The SMILES string of the molecule is Cc1ccc(C)c(CN(C)C(=O)CC2CCCN2)c1. The Morgan fingerprint density at radius 1 is 1.42 bits per heavy atom. The average molecular weight is 260 g/mol. The number of nitrogens with one attached hydrogen (secondary N) is 1. The highest BCUT2D eigenvalue weighted by molar-refractivity contribution is 5.76. The zero-order chi connectivity index (χ0) is 13.8. The molecule has 1 fully saturated rings. The van der Waals surface area contributed by atoms with Crippen LogP contribution in [-0.2, 0) is 11.3 Å². The molecular formula is C16H24N2O. The molecular weight excluding hydrogens is 236 g/mol. The van der Waals surface area contributed by atoms with Crippen LogP contribution in [0.5, 0.6) is 0 Å². The molecule has 0 aromatic heterocycles. The van der Waals surface area contributed by atoms with Crippen LogP contribution in [0.4, 0.5) is 0 Å². The number of hydrogen-bond donors (Lipinski definition) is 1. The number of benzene rings is 1. The lowest BCUT2D eigenvalue weighted by atomic mass is 10.0. The minimum atomic E-state index is 0.236. The molecule has 1 heterocycles. The van der Waals surface area contributed by atoms with E-state index in [0.717, 1.165) is 13.0 Å². The Kier molecular flexibility index (Phi) is 4.59. The molecule has 0 spiro atoms. The van der Waals surface area contributed by atoms with E-state index in [9.17, 15) is 4.79 Å². The van der Waals surface area contributed by atoms with Gasteiger partial charge in [0.05, 0.1) is 0 Å². The van der Waals surface area contributed by atoms with E-state index in [4.69, 9.17) is 0 Å². The zero-order valence-electron chi connectivity index (χ0n) is 12.2. The molecule has 3 nitrogen and oxygen atoms in total. The minimum absolute atomic E-state index is 0.236. The Morgan fingerprint density at radius 3 is 2.89 bits per heavy atom. The van der Waals surface area contributed by atoms with Crippen LogP contribution in [0.3, 0.4) is 0 Å². The maximum absolute atomic E-state index is 12.2. The molecule has 2 rings (SSSR count). The molecule has 104 valence electrons. The predicted octanol–water partition coefficient (Wildman–Crippen LogP) is 2.40. The van der Waals surface area contributed by atoms with Crippen LogP contribution in [0.1, 0.15) is 36.0 Å². The Balaban J connectivity index is 1.93. The van der Waals surface area contributed by atoms with E-state index in [1.807, 2.05) is 11.9 Å². The fourth-order valence-corrected chi connectivity index (χ4v) is 2.61. The molecule has 19 heavy (non-hydrogen) atoms. The highest BCUT2D eigenvalue weighted by Gasteiger charge is 2.20. The van der Waals surface area contributed by atoms with Crippen molar-refractivity contribution in [2.75, 3.05) is 13.6 Å². The van der Waals surface area contributed by atoms with Gasteiger partial charge in [-0.25, -0.2) is 0 Å². The lowest BCUT2D eigenvalue weighted by Gasteiger charge is -2.21. The molecule has 3 heteroatoms.